The molecule has 3 rings (SSSR count). The van der Waals surface area contributed by atoms with Crippen LogP contribution in [0.25, 0.3) is 0 Å². The van der Waals surface area contributed by atoms with E-state index in [1.165, 1.54) is 12.8 Å². The highest BCUT2D eigenvalue weighted by molar-refractivity contribution is 5.42. The fourth-order valence-electron chi connectivity index (χ4n) is 1.75. The fraction of sp³-hybridized carbons (Fsp3) is 0.385. The quantitative estimate of drug-likeness (QED) is 0.856. The lowest BCUT2D eigenvalue weighted by molar-refractivity contribution is 0.375. The van der Waals surface area contributed by atoms with Gasteiger partial charge in [-0.15, -0.1) is 0 Å². The minimum atomic E-state index is 0.564. The van der Waals surface area contributed by atoms with Gasteiger partial charge in [-0.1, -0.05) is 23.4 Å². The van der Waals surface area contributed by atoms with Crippen molar-refractivity contribution in [3.63, 3.8) is 0 Å². The van der Waals surface area contributed by atoms with E-state index in [0.29, 0.717) is 5.92 Å². The number of benzene rings is 1. The summed E-state index contributed by atoms with van der Waals surface area (Å²) < 4.78 is 5.20. The Hall–Kier alpha value is -1.84. The van der Waals surface area contributed by atoms with Gasteiger partial charge in [0.1, 0.15) is 0 Å². The molecule has 1 fully saturated rings. The maximum absolute atomic E-state index is 5.20. The zero-order chi connectivity index (χ0) is 11.5. The van der Waals surface area contributed by atoms with E-state index in [1.807, 2.05) is 30.3 Å². The molecule has 17 heavy (non-hydrogen) atoms. The summed E-state index contributed by atoms with van der Waals surface area (Å²) in [4.78, 5) is 4.39. The number of aromatic nitrogens is 2. The molecule has 0 saturated heterocycles. The molecule has 1 aromatic heterocycles. The molecule has 4 heteroatoms. The van der Waals surface area contributed by atoms with Crippen LogP contribution in [0, 0.1) is 0 Å². The molecule has 0 bridgehead atoms. The van der Waals surface area contributed by atoms with E-state index < -0.39 is 0 Å². The van der Waals surface area contributed by atoms with Gasteiger partial charge in [-0.2, -0.15) is 4.98 Å². The number of anilines is 1. The van der Waals surface area contributed by atoms with Gasteiger partial charge in [-0.05, 0) is 25.0 Å². The summed E-state index contributed by atoms with van der Waals surface area (Å²) >= 11 is 0. The molecule has 1 aliphatic carbocycles. The Morgan fingerprint density at radius 1 is 1.24 bits per heavy atom. The third kappa shape index (κ3) is 2.64. The van der Waals surface area contributed by atoms with Gasteiger partial charge in [0.2, 0.25) is 5.89 Å². The third-order valence-corrected chi connectivity index (χ3v) is 2.87. The Bertz CT molecular complexity index is 476. The monoisotopic (exact) mass is 229 g/mol. The number of para-hydroxylation sites is 1. The van der Waals surface area contributed by atoms with Crippen LogP contribution >= 0.6 is 0 Å². The summed E-state index contributed by atoms with van der Waals surface area (Å²) in [6.45, 7) is 0.816. The Labute approximate surface area is 100 Å². The Morgan fingerprint density at radius 2 is 2.06 bits per heavy atom. The smallest absolute Gasteiger partial charge is 0.228 e. The highest BCUT2D eigenvalue weighted by atomic mass is 16.5. The summed E-state index contributed by atoms with van der Waals surface area (Å²) in [6, 6.07) is 10.1. The summed E-state index contributed by atoms with van der Waals surface area (Å²) in [6.07, 6.45) is 3.19. The summed E-state index contributed by atoms with van der Waals surface area (Å²) in [7, 11) is 0. The molecule has 0 atom stereocenters. The predicted molar refractivity (Wildman–Crippen MR) is 64.9 cm³/mol. The van der Waals surface area contributed by atoms with Crippen molar-refractivity contribution in [1.82, 2.24) is 10.1 Å². The number of rotatable bonds is 5. The molecule has 1 heterocycles. The second-order valence-electron chi connectivity index (χ2n) is 4.36. The number of hydrogen-bond donors (Lipinski definition) is 1. The molecular weight excluding hydrogens is 214 g/mol. The highest BCUT2D eigenvalue weighted by Crippen LogP contribution is 2.38. The van der Waals surface area contributed by atoms with Gasteiger partial charge in [-0.25, -0.2) is 0 Å². The maximum Gasteiger partial charge on any atom is 0.228 e. The van der Waals surface area contributed by atoms with Crippen LogP contribution in [0.2, 0.25) is 0 Å². The molecule has 0 spiro atoms. The average molecular weight is 229 g/mol. The molecular formula is C13H15N3O. The molecule has 1 aromatic carbocycles. The van der Waals surface area contributed by atoms with Gasteiger partial charge in [0.25, 0.3) is 0 Å². The fourth-order valence-corrected chi connectivity index (χ4v) is 1.75. The van der Waals surface area contributed by atoms with Gasteiger partial charge < -0.3 is 9.84 Å². The number of hydrogen-bond acceptors (Lipinski definition) is 4. The highest BCUT2D eigenvalue weighted by Gasteiger charge is 2.28. The van der Waals surface area contributed by atoms with Crippen LogP contribution in [0.4, 0.5) is 5.69 Å². The van der Waals surface area contributed by atoms with Crippen molar-refractivity contribution in [2.45, 2.75) is 25.2 Å². The van der Waals surface area contributed by atoms with Crippen molar-refractivity contribution in [3.05, 3.63) is 42.0 Å². The lowest BCUT2D eigenvalue weighted by atomic mass is 10.3. The molecule has 1 saturated carbocycles. The molecule has 1 aliphatic rings. The maximum atomic E-state index is 5.20. The Balaban J connectivity index is 1.50. The second kappa shape index (κ2) is 4.57. The van der Waals surface area contributed by atoms with Crippen LogP contribution in [0.15, 0.2) is 34.9 Å². The van der Waals surface area contributed by atoms with Crippen molar-refractivity contribution in [3.8, 4) is 0 Å². The standard InChI is InChI=1S/C13H15N3O/c1-2-4-11(5-3-1)14-9-8-12-15-13(16-17-12)10-6-7-10/h1-5,10,14H,6-9H2. The molecule has 0 aliphatic heterocycles. The molecule has 2 aromatic rings. The number of nitrogens with zero attached hydrogens (tertiary/aromatic N) is 2. The van der Waals surface area contributed by atoms with E-state index in [1.54, 1.807) is 0 Å². The summed E-state index contributed by atoms with van der Waals surface area (Å²) in [5.74, 6) is 2.18. The average Bonchev–Trinajstić information content (AvgIpc) is 3.11. The molecule has 1 N–H and O–H groups in total. The molecule has 0 unspecified atom stereocenters. The van der Waals surface area contributed by atoms with Crippen LogP contribution in [0.3, 0.4) is 0 Å². The van der Waals surface area contributed by atoms with Crippen LogP contribution in [0.1, 0.15) is 30.5 Å². The van der Waals surface area contributed by atoms with Gasteiger partial charge in [0.15, 0.2) is 5.82 Å². The van der Waals surface area contributed by atoms with Gasteiger partial charge in [0, 0.05) is 24.6 Å². The van der Waals surface area contributed by atoms with E-state index >= 15 is 0 Å². The van der Waals surface area contributed by atoms with Gasteiger partial charge >= 0.3 is 0 Å². The summed E-state index contributed by atoms with van der Waals surface area (Å²) in [5.41, 5.74) is 1.12. The van der Waals surface area contributed by atoms with E-state index in [0.717, 1.165) is 30.4 Å². The summed E-state index contributed by atoms with van der Waals surface area (Å²) in [5, 5.41) is 7.31. The van der Waals surface area contributed by atoms with Crippen molar-refractivity contribution in [1.29, 1.82) is 0 Å². The van der Waals surface area contributed by atoms with E-state index in [4.69, 9.17) is 4.52 Å². The molecule has 88 valence electrons. The molecule has 0 radical (unpaired) electrons. The zero-order valence-electron chi connectivity index (χ0n) is 9.60. The van der Waals surface area contributed by atoms with Gasteiger partial charge in [-0.3, -0.25) is 0 Å². The van der Waals surface area contributed by atoms with Crippen molar-refractivity contribution in [2.75, 3.05) is 11.9 Å². The van der Waals surface area contributed by atoms with Crippen LogP contribution in [0.5, 0.6) is 0 Å². The normalized spacial score (nSPS) is 14.8. The van der Waals surface area contributed by atoms with Crippen LogP contribution in [-0.2, 0) is 6.42 Å². The minimum Gasteiger partial charge on any atom is -0.385 e. The van der Waals surface area contributed by atoms with Crippen LogP contribution < -0.4 is 5.32 Å². The minimum absolute atomic E-state index is 0.564. The van der Waals surface area contributed by atoms with Crippen LogP contribution in [-0.4, -0.2) is 16.7 Å². The first-order chi connectivity index (χ1) is 8.42. The SMILES string of the molecule is c1ccc(NCCc2nc(C3CC3)no2)cc1. The predicted octanol–water partition coefficient (Wildman–Crippen LogP) is 2.60. The number of nitrogens with one attached hydrogen (secondary N) is 1. The zero-order valence-corrected chi connectivity index (χ0v) is 9.60. The Morgan fingerprint density at radius 3 is 2.82 bits per heavy atom. The van der Waals surface area contributed by atoms with Crippen molar-refractivity contribution < 1.29 is 4.52 Å². The first-order valence-electron chi connectivity index (χ1n) is 6.03. The second-order valence-corrected chi connectivity index (χ2v) is 4.36. The lowest BCUT2D eigenvalue weighted by Gasteiger charge is -2.02. The van der Waals surface area contributed by atoms with E-state index in [2.05, 4.69) is 15.5 Å². The first kappa shape index (κ1) is 10.3. The van der Waals surface area contributed by atoms with Crippen molar-refractivity contribution >= 4 is 5.69 Å². The van der Waals surface area contributed by atoms with Crippen molar-refractivity contribution in [2.24, 2.45) is 0 Å². The first-order valence-corrected chi connectivity index (χ1v) is 6.03. The molecule has 4 nitrogen and oxygen atoms in total. The van der Waals surface area contributed by atoms with E-state index in [9.17, 15) is 0 Å². The Kier molecular flexibility index (Phi) is 2.78. The third-order valence-electron chi connectivity index (χ3n) is 2.87. The lowest BCUT2D eigenvalue weighted by Crippen LogP contribution is -2.04. The van der Waals surface area contributed by atoms with E-state index in [-0.39, 0.29) is 0 Å². The van der Waals surface area contributed by atoms with Gasteiger partial charge in [0.05, 0.1) is 0 Å². The largest absolute Gasteiger partial charge is 0.385 e. The topological polar surface area (TPSA) is 51.0 Å². The molecule has 0 amide bonds.